The third-order valence-corrected chi connectivity index (χ3v) is 10.6. The van der Waals surface area contributed by atoms with Crippen molar-refractivity contribution in [2.45, 2.75) is 88.3 Å². The van der Waals surface area contributed by atoms with Crippen LogP contribution in [0.3, 0.4) is 0 Å². The smallest absolute Gasteiger partial charge is 0.309 e. The van der Waals surface area contributed by atoms with Crippen molar-refractivity contribution in [1.82, 2.24) is 26.6 Å². The van der Waals surface area contributed by atoms with Crippen LogP contribution in [0.15, 0.2) is 91.0 Å². The van der Waals surface area contributed by atoms with Crippen LogP contribution in [0.4, 0.5) is 0 Å². The SMILES string of the molecule is NC(=O)C[C@H](NC(=O)C1(NC(=O)[C@H](Cc2ccc(CC(=O)O)c(O)c2)NC(=O)C(=O)NCCc2ccccc2)CCCCC1)C(=O)NCCCc1cccc2ccccc12. The molecule has 9 N–H and O–H groups in total. The van der Waals surface area contributed by atoms with Crippen LogP contribution in [0, 0.1) is 0 Å². The lowest BCUT2D eigenvalue weighted by Crippen LogP contribution is -2.65. The number of aryl methyl sites for hydroxylation is 1. The number of nitrogens with two attached hydrogens (primary N) is 1. The molecule has 60 heavy (non-hydrogen) atoms. The van der Waals surface area contributed by atoms with Gasteiger partial charge in [0.15, 0.2) is 0 Å². The summed E-state index contributed by atoms with van der Waals surface area (Å²) >= 11 is 0. The maximum absolute atomic E-state index is 14.2. The van der Waals surface area contributed by atoms with Crippen molar-refractivity contribution in [2.75, 3.05) is 13.1 Å². The predicted molar refractivity (Wildman–Crippen MR) is 223 cm³/mol. The van der Waals surface area contributed by atoms with Gasteiger partial charge in [0.05, 0.1) is 12.8 Å². The standard InChI is InChI=1S/C45H52N6O9/c46-38(53)28-36(40(56)47-23-10-16-32-15-9-14-31-13-5-6-17-34(31)32)50-44(60)45(21-7-2-8-22-45)51-41(57)35(25-30-18-19-33(27-39(54)55)37(52)26-30)49-43(59)42(58)48-24-20-29-11-3-1-4-12-29/h1,3-6,9,11-15,17-19,26,35-36,52H,2,7-8,10,16,20-25,27-28H2,(H2,46,53)(H,47,56)(H,48,58)(H,49,59)(H,50,60)(H,51,57)(H,54,55)/t35-,36-/m0/s1. The molecule has 0 aliphatic heterocycles. The van der Waals surface area contributed by atoms with Gasteiger partial charge in [-0.25, -0.2) is 0 Å². The van der Waals surface area contributed by atoms with Crippen LogP contribution in [0.5, 0.6) is 5.75 Å². The summed E-state index contributed by atoms with van der Waals surface area (Å²) in [6.07, 6.45) is 2.68. The van der Waals surface area contributed by atoms with Crippen molar-refractivity contribution in [1.29, 1.82) is 0 Å². The molecule has 0 radical (unpaired) electrons. The third-order valence-electron chi connectivity index (χ3n) is 10.6. The molecule has 1 aliphatic carbocycles. The number of primary amides is 1. The number of nitrogens with one attached hydrogen (secondary N) is 5. The number of aliphatic carboxylic acids is 1. The zero-order valence-electron chi connectivity index (χ0n) is 33.3. The van der Waals surface area contributed by atoms with Gasteiger partial charge in [-0.3, -0.25) is 33.6 Å². The summed E-state index contributed by atoms with van der Waals surface area (Å²) < 4.78 is 0. The van der Waals surface area contributed by atoms with Crippen LogP contribution < -0.4 is 32.3 Å². The molecule has 0 saturated heterocycles. The highest BCUT2D eigenvalue weighted by molar-refractivity contribution is 6.35. The fraction of sp³-hybridized carbons (Fsp3) is 0.356. The lowest BCUT2D eigenvalue weighted by molar-refractivity contribution is -0.142. The van der Waals surface area contributed by atoms with E-state index in [9.17, 15) is 43.8 Å². The molecule has 0 unspecified atom stereocenters. The second kappa shape index (κ2) is 21.3. The Balaban J connectivity index is 1.29. The fourth-order valence-corrected chi connectivity index (χ4v) is 7.48. The molecular weight excluding hydrogens is 769 g/mol. The Morgan fingerprint density at radius 1 is 0.683 bits per heavy atom. The minimum absolute atomic E-state index is 0.131. The van der Waals surface area contributed by atoms with Gasteiger partial charge in [0.25, 0.3) is 0 Å². The Morgan fingerprint density at radius 2 is 1.40 bits per heavy atom. The molecular formula is C45H52N6O9. The van der Waals surface area contributed by atoms with E-state index in [4.69, 9.17) is 5.73 Å². The zero-order valence-corrected chi connectivity index (χ0v) is 33.3. The van der Waals surface area contributed by atoms with E-state index in [2.05, 4.69) is 26.6 Å². The Labute approximate surface area is 347 Å². The van der Waals surface area contributed by atoms with Crippen molar-refractivity contribution < 1.29 is 43.8 Å². The number of carbonyl (C=O) groups is 7. The van der Waals surface area contributed by atoms with E-state index in [0.29, 0.717) is 37.7 Å². The van der Waals surface area contributed by atoms with Crippen LogP contribution in [-0.2, 0) is 59.2 Å². The van der Waals surface area contributed by atoms with E-state index in [1.54, 1.807) is 0 Å². The number of fused-ring (bicyclic) bond motifs is 1. The first-order chi connectivity index (χ1) is 28.8. The van der Waals surface area contributed by atoms with Crippen molar-refractivity contribution in [2.24, 2.45) is 5.73 Å². The summed E-state index contributed by atoms with van der Waals surface area (Å²) in [6.45, 7) is 0.392. The molecule has 15 heteroatoms. The number of carboxylic acid groups (broad SMARTS) is 1. The Kier molecular flexibility index (Phi) is 15.7. The second-order valence-corrected chi connectivity index (χ2v) is 15.1. The summed E-state index contributed by atoms with van der Waals surface area (Å²) in [5, 5.41) is 35.2. The van der Waals surface area contributed by atoms with Gasteiger partial charge in [-0.1, -0.05) is 104 Å². The molecule has 0 spiro atoms. The topological polar surface area (TPSA) is 246 Å². The number of carboxylic acids is 1. The van der Waals surface area contributed by atoms with Gasteiger partial charge in [0, 0.05) is 25.1 Å². The Hall–Kier alpha value is -6.77. The van der Waals surface area contributed by atoms with Crippen molar-refractivity contribution >= 4 is 52.2 Å². The highest BCUT2D eigenvalue weighted by Gasteiger charge is 2.44. The molecule has 2 atom stereocenters. The molecule has 316 valence electrons. The highest BCUT2D eigenvalue weighted by Crippen LogP contribution is 2.29. The first-order valence-electron chi connectivity index (χ1n) is 20.1. The van der Waals surface area contributed by atoms with E-state index in [1.165, 1.54) is 18.2 Å². The normalized spacial score (nSPS) is 14.2. The first-order valence-corrected chi connectivity index (χ1v) is 20.1. The number of phenolic OH excluding ortho intramolecular Hbond substituents is 1. The van der Waals surface area contributed by atoms with Gasteiger partial charge in [0.2, 0.25) is 23.6 Å². The number of hydrogen-bond acceptors (Lipinski definition) is 8. The molecule has 0 heterocycles. The van der Waals surface area contributed by atoms with E-state index in [-0.39, 0.29) is 43.7 Å². The molecule has 15 nitrogen and oxygen atoms in total. The van der Waals surface area contributed by atoms with Crippen LogP contribution in [0.25, 0.3) is 10.8 Å². The number of benzene rings is 4. The fourth-order valence-electron chi connectivity index (χ4n) is 7.48. The number of phenols is 1. The van der Waals surface area contributed by atoms with E-state index in [1.807, 2.05) is 72.8 Å². The van der Waals surface area contributed by atoms with Gasteiger partial charge in [0.1, 0.15) is 23.4 Å². The predicted octanol–water partition coefficient (Wildman–Crippen LogP) is 2.49. The molecule has 5 rings (SSSR count). The summed E-state index contributed by atoms with van der Waals surface area (Å²) in [6, 6.07) is 24.7. The van der Waals surface area contributed by atoms with Crippen molar-refractivity contribution in [3.63, 3.8) is 0 Å². The van der Waals surface area contributed by atoms with Gasteiger partial charge >= 0.3 is 17.8 Å². The molecule has 6 amide bonds. The number of hydrogen-bond donors (Lipinski definition) is 8. The second-order valence-electron chi connectivity index (χ2n) is 15.1. The molecule has 1 fully saturated rings. The average Bonchev–Trinajstić information content (AvgIpc) is 3.23. The number of rotatable bonds is 19. The van der Waals surface area contributed by atoms with Gasteiger partial charge in [-0.15, -0.1) is 0 Å². The Morgan fingerprint density at radius 3 is 2.12 bits per heavy atom. The molecule has 1 saturated carbocycles. The molecule has 4 aromatic carbocycles. The summed E-state index contributed by atoms with van der Waals surface area (Å²) in [5.74, 6) is -6.59. The van der Waals surface area contributed by atoms with E-state index < -0.39 is 71.9 Å². The largest absolute Gasteiger partial charge is 0.508 e. The summed E-state index contributed by atoms with van der Waals surface area (Å²) in [5.41, 5.74) is 6.46. The first kappa shape index (κ1) is 44.3. The zero-order chi connectivity index (χ0) is 43.1. The van der Waals surface area contributed by atoms with Crippen LogP contribution in [0.1, 0.15) is 67.2 Å². The monoisotopic (exact) mass is 820 g/mol. The molecule has 0 bridgehead atoms. The lowest BCUT2D eigenvalue weighted by Gasteiger charge is -2.38. The maximum atomic E-state index is 14.2. The van der Waals surface area contributed by atoms with Gasteiger partial charge in [-0.2, -0.15) is 0 Å². The average molecular weight is 821 g/mol. The van der Waals surface area contributed by atoms with Crippen molar-refractivity contribution in [3.8, 4) is 5.75 Å². The van der Waals surface area contributed by atoms with Gasteiger partial charge in [-0.05, 0) is 65.6 Å². The minimum atomic E-state index is -1.56. The third kappa shape index (κ3) is 12.6. The van der Waals surface area contributed by atoms with Crippen LogP contribution >= 0.6 is 0 Å². The summed E-state index contributed by atoms with van der Waals surface area (Å²) in [7, 11) is 0. The highest BCUT2D eigenvalue weighted by atomic mass is 16.4. The molecule has 0 aromatic heterocycles. The molecule has 4 aromatic rings. The number of aromatic hydroxyl groups is 1. The number of carbonyl (C=O) groups excluding carboxylic acids is 6. The maximum Gasteiger partial charge on any atom is 0.309 e. The minimum Gasteiger partial charge on any atom is -0.508 e. The Bertz CT molecular complexity index is 2180. The molecule has 1 aliphatic rings. The summed E-state index contributed by atoms with van der Waals surface area (Å²) in [4.78, 5) is 91.4. The van der Waals surface area contributed by atoms with E-state index >= 15 is 0 Å². The number of amides is 6. The van der Waals surface area contributed by atoms with E-state index in [0.717, 1.165) is 28.3 Å². The lowest BCUT2D eigenvalue weighted by atomic mass is 9.80. The van der Waals surface area contributed by atoms with Crippen LogP contribution in [-0.4, -0.2) is 82.3 Å². The van der Waals surface area contributed by atoms with Crippen molar-refractivity contribution in [3.05, 3.63) is 113 Å². The van der Waals surface area contributed by atoms with Crippen LogP contribution in [0.2, 0.25) is 0 Å². The van der Waals surface area contributed by atoms with Gasteiger partial charge < -0.3 is 42.5 Å². The quantitative estimate of drug-likeness (QED) is 0.0511.